The van der Waals surface area contributed by atoms with E-state index in [9.17, 15) is 9.90 Å². The summed E-state index contributed by atoms with van der Waals surface area (Å²) in [5.41, 5.74) is 4.40. The zero-order valence-corrected chi connectivity index (χ0v) is 42.1. The first-order valence-electron chi connectivity index (χ1n) is 23.7. The second-order valence-electron chi connectivity index (χ2n) is 24.9. The van der Waals surface area contributed by atoms with Crippen molar-refractivity contribution >= 4 is 29.5 Å². The monoisotopic (exact) mass is 845 g/mol. The van der Waals surface area contributed by atoms with Crippen molar-refractivity contribution in [2.75, 3.05) is 0 Å². The molecule has 4 aliphatic carbocycles. The third kappa shape index (κ3) is 9.82. The molecular formula is C54H84O3S2. The lowest BCUT2D eigenvalue weighted by molar-refractivity contribution is -0.134. The fraction of sp³-hybridized carbons (Fsp3) is 0.759. The molecule has 0 saturated heterocycles. The molecule has 1 N–H and O–H groups in total. The van der Waals surface area contributed by atoms with E-state index in [0.717, 1.165) is 70.4 Å². The molecule has 2 aromatic carbocycles. The predicted octanol–water partition coefficient (Wildman–Crippen LogP) is 16.3. The number of hydrogen-bond acceptors (Lipinski definition) is 5. The van der Waals surface area contributed by atoms with Gasteiger partial charge in [-0.25, -0.2) is 0 Å². The molecule has 3 nitrogen and oxygen atoms in total. The number of phenols is 1. The highest BCUT2D eigenvalue weighted by molar-refractivity contribution is 8.18. The van der Waals surface area contributed by atoms with Crippen LogP contribution in [0.2, 0.25) is 0 Å². The van der Waals surface area contributed by atoms with Crippen LogP contribution < -0.4 is 4.74 Å². The number of fused-ring (bicyclic) bond motifs is 5. The average molecular weight is 845 g/mol. The minimum Gasteiger partial charge on any atom is -0.507 e. The molecule has 0 radical (unpaired) electrons. The van der Waals surface area contributed by atoms with E-state index in [-0.39, 0.29) is 31.7 Å². The highest BCUT2D eigenvalue weighted by Crippen LogP contribution is 2.68. The van der Waals surface area contributed by atoms with E-state index in [2.05, 4.69) is 135 Å². The minimum absolute atomic E-state index is 0.0825. The van der Waals surface area contributed by atoms with Crippen LogP contribution in [-0.4, -0.2) is 15.2 Å². The maximum Gasteiger partial charge on any atom is 0.311 e. The Morgan fingerprint density at radius 1 is 0.644 bits per heavy atom. The van der Waals surface area contributed by atoms with E-state index in [1.54, 1.807) is 0 Å². The average Bonchev–Trinajstić information content (AvgIpc) is 3.43. The maximum absolute atomic E-state index is 14.0. The van der Waals surface area contributed by atoms with Gasteiger partial charge < -0.3 is 9.84 Å². The molecule has 5 unspecified atom stereocenters. The first kappa shape index (κ1) is 46.9. The Balaban J connectivity index is 1.17. The number of thioether (sulfide) groups is 2. The minimum atomic E-state index is -0.218. The van der Waals surface area contributed by atoms with E-state index in [0.29, 0.717) is 23.0 Å². The molecule has 5 heteroatoms. The van der Waals surface area contributed by atoms with Crippen LogP contribution in [-0.2, 0) is 26.5 Å². The van der Waals surface area contributed by atoms with Crippen molar-refractivity contribution in [2.24, 2.45) is 40.4 Å². The molecule has 0 aliphatic heterocycles. The van der Waals surface area contributed by atoms with Crippen molar-refractivity contribution in [3.63, 3.8) is 0 Å². The van der Waals surface area contributed by atoms with Crippen LogP contribution in [0.1, 0.15) is 217 Å². The lowest BCUT2D eigenvalue weighted by Gasteiger charge is -2.60. The topological polar surface area (TPSA) is 46.5 Å². The Morgan fingerprint density at radius 2 is 1.15 bits per heavy atom. The van der Waals surface area contributed by atoms with Crippen molar-refractivity contribution in [1.82, 2.24) is 0 Å². The van der Waals surface area contributed by atoms with Crippen LogP contribution in [0.25, 0.3) is 0 Å². The van der Waals surface area contributed by atoms with Crippen LogP contribution in [0.4, 0.5) is 0 Å². The van der Waals surface area contributed by atoms with E-state index < -0.39 is 0 Å². The largest absolute Gasteiger partial charge is 0.507 e. The van der Waals surface area contributed by atoms with Gasteiger partial charge in [-0.1, -0.05) is 110 Å². The summed E-state index contributed by atoms with van der Waals surface area (Å²) in [6.07, 6.45) is 16.9. The van der Waals surface area contributed by atoms with Crippen molar-refractivity contribution < 1.29 is 14.6 Å². The van der Waals surface area contributed by atoms with E-state index in [1.165, 1.54) is 74.0 Å². The third-order valence-corrected chi connectivity index (χ3v) is 18.5. The summed E-state index contributed by atoms with van der Waals surface area (Å²) in [6, 6.07) is 8.97. The summed E-state index contributed by atoms with van der Waals surface area (Å²) in [6.45, 7) is 36.4. The van der Waals surface area contributed by atoms with Crippen LogP contribution in [0, 0.1) is 40.4 Å². The SMILES string of the molecule is CC(C)(Sc1cc(C(C)(C)C)c(O)c(C(C)(C)C)c1)Sc1cc(C(C)(C)C)c(OC(=O)CCC[C@H]2CCC3C4CCC5CCCCC5(C)[C@H]4CCC32C)c(C(C)(C)C)c1. The number of carbonyl (C=O) groups excluding carboxylic acids is 1. The van der Waals surface area contributed by atoms with Gasteiger partial charge >= 0.3 is 5.97 Å². The number of hydrogen-bond donors (Lipinski definition) is 1. The Labute approximate surface area is 370 Å². The molecular weight excluding hydrogens is 761 g/mol. The fourth-order valence-electron chi connectivity index (χ4n) is 12.8. The summed E-state index contributed by atoms with van der Waals surface area (Å²) in [4.78, 5) is 16.3. The third-order valence-electron chi connectivity index (χ3n) is 16.0. The molecule has 0 amide bonds. The van der Waals surface area contributed by atoms with Gasteiger partial charge in [0.1, 0.15) is 11.5 Å². The van der Waals surface area contributed by atoms with Gasteiger partial charge in [0.05, 0.1) is 4.08 Å². The molecule has 0 spiro atoms. The molecule has 59 heavy (non-hydrogen) atoms. The molecule has 4 aliphatic rings. The number of aromatic hydroxyl groups is 1. The number of ether oxygens (including phenoxy) is 1. The lowest BCUT2D eigenvalue weighted by Crippen LogP contribution is -2.52. The van der Waals surface area contributed by atoms with E-state index in [4.69, 9.17) is 4.74 Å². The summed E-state index contributed by atoms with van der Waals surface area (Å²) in [7, 11) is 0. The maximum atomic E-state index is 14.0. The Kier molecular flexibility index (Phi) is 13.1. The standard InChI is InChI=1S/C54H84O3S2/c1-48(2,3)41-30-36(31-42(46(41)56)49(4,5)6)58-52(13,14)59-37-32-43(50(7,8)9)47(44(33-37)51(10,11)12)57-45(55)22-19-21-35-24-26-39-38-25-23-34-20-17-18-28-53(34,15)40(38)27-29-54(35,39)16/h30-35,38-40,56H,17-29H2,1-16H3/t34?,35-,38?,39?,40-,53?,54?/m0/s1. The highest BCUT2D eigenvalue weighted by Gasteiger charge is 2.59. The van der Waals surface area contributed by atoms with Crippen LogP contribution in [0.15, 0.2) is 34.1 Å². The van der Waals surface area contributed by atoms with Gasteiger partial charge in [0.2, 0.25) is 0 Å². The van der Waals surface area contributed by atoms with Crippen LogP contribution >= 0.6 is 23.5 Å². The molecule has 6 rings (SSSR count). The summed E-state index contributed by atoms with van der Waals surface area (Å²) < 4.78 is 6.35. The molecule has 2 aromatic rings. The summed E-state index contributed by atoms with van der Waals surface area (Å²) in [5.74, 6) is 5.56. The van der Waals surface area contributed by atoms with Crippen molar-refractivity contribution in [2.45, 2.75) is 230 Å². The van der Waals surface area contributed by atoms with Crippen LogP contribution in [0.5, 0.6) is 11.5 Å². The highest BCUT2D eigenvalue weighted by atomic mass is 32.2. The number of carbonyl (C=O) groups is 1. The molecule has 0 bridgehead atoms. The number of benzene rings is 2. The van der Waals surface area contributed by atoms with Gasteiger partial charge in [0, 0.05) is 38.5 Å². The zero-order valence-electron chi connectivity index (χ0n) is 40.5. The van der Waals surface area contributed by atoms with E-state index in [1.807, 2.05) is 23.5 Å². The smallest absolute Gasteiger partial charge is 0.311 e. The summed E-state index contributed by atoms with van der Waals surface area (Å²) in [5, 5.41) is 11.4. The first-order valence-corrected chi connectivity index (χ1v) is 25.3. The normalized spacial score (nSPS) is 29.1. The second-order valence-corrected chi connectivity index (χ2v) is 28.6. The van der Waals surface area contributed by atoms with Crippen molar-refractivity contribution in [3.05, 3.63) is 46.5 Å². The zero-order chi connectivity index (χ0) is 43.7. The second kappa shape index (κ2) is 16.5. The molecule has 7 atom stereocenters. The summed E-state index contributed by atoms with van der Waals surface area (Å²) >= 11 is 3.72. The Bertz CT molecular complexity index is 1780. The molecule has 0 aromatic heterocycles. The predicted molar refractivity (Wildman–Crippen MR) is 254 cm³/mol. The molecule has 330 valence electrons. The van der Waals surface area contributed by atoms with Crippen molar-refractivity contribution in [1.29, 1.82) is 0 Å². The quantitative estimate of drug-likeness (QED) is 0.118. The van der Waals surface area contributed by atoms with Crippen LogP contribution in [0.3, 0.4) is 0 Å². The van der Waals surface area contributed by atoms with Gasteiger partial charge in [0.15, 0.2) is 0 Å². The molecule has 4 fully saturated rings. The first-order chi connectivity index (χ1) is 27.0. The van der Waals surface area contributed by atoms with Gasteiger partial charge in [-0.3, -0.25) is 4.79 Å². The van der Waals surface area contributed by atoms with Gasteiger partial charge in [0.25, 0.3) is 0 Å². The fourth-order valence-corrected chi connectivity index (χ4v) is 15.4. The molecule has 4 saturated carbocycles. The van der Waals surface area contributed by atoms with Gasteiger partial charge in [-0.15, -0.1) is 23.5 Å². The van der Waals surface area contributed by atoms with Gasteiger partial charge in [-0.2, -0.15) is 0 Å². The number of phenolic OH excluding ortho intramolecular Hbond substituents is 1. The Morgan fingerprint density at radius 3 is 1.68 bits per heavy atom. The molecule has 0 heterocycles. The van der Waals surface area contributed by atoms with Gasteiger partial charge in [-0.05, 0) is 164 Å². The van der Waals surface area contributed by atoms with Crippen molar-refractivity contribution in [3.8, 4) is 11.5 Å². The van der Waals surface area contributed by atoms with E-state index >= 15 is 0 Å². The number of esters is 1. The number of rotatable bonds is 9. The lowest BCUT2D eigenvalue weighted by atomic mass is 9.45. The Hall–Kier alpha value is -1.59.